The Balaban J connectivity index is 1.36. The number of anilines is 1. The molecule has 4 heterocycles. The van der Waals surface area contributed by atoms with Crippen LogP contribution in [0.25, 0.3) is 22.4 Å². The molecular formula is C25H32ClFN8O9P2. The van der Waals surface area contributed by atoms with Crippen molar-refractivity contribution in [1.29, 1.82) is 0 Å². The van der Waals surface area contributed by atoms with Gasteiger partial charge in [-0.15, -0.1) is 5.10 Å². The van der Waals surface area contributed by atoms with Gasteiger partial charge in [-0.2, -0.15) is 9.97 Å². The molecule has 1 aromatic carbocycles. The number of aromatic nitrogens is 7. The van der Waals surface area contributed by atoms with Gasteiger partial charge in [0.15, 0.2) is 29.1 Å². The highest BCUT2D eigenvalue weighted by Gasteiger charge is 2.46. The second kappa shape index (κ2) is 14.1. The topological polar surface area (TPSA) is 231 Å². The Morgan fingerprint density at radius 1 is 1.13 bits per heavy atom. The van der Waals surface area contributed by atoms with Crippen LogP contribution >= 0.6 is 26.8 Å². The van der Waals surface area contributed by atoms with E-state index in [1.807, 2.05) is 36.1 Å². The van der Waals surface area contributed by atoms with E-state index in [1.165, 1.54) is 15.6 Å². The number of benzene rings is 1. The number of aliphatic hydroxyl groups excluding tert-OH is 2. The fourth-order valence-electron chi connectivity index (χ4n) is 5.00. The lowest BCUT2D eigenvalue weighted by Crippen LogP contribution is -2.33. The van der Waals surface area contributed by atoms with Gasteiger partial charge in [0.25, 0.3) is 0 Å². The van der Waals surface area contributed by atoms with Crippen LogP contribution in [-0.4, -0.2) is 103 Å². The molecular weight excluding hydrogens is 673 g/mol. The van der Waals surface area contributed by atoms with E-state index in [4.69, 9.17) is 30.6 Å². The van der Waals surface area contributed by atoms with E-state index in [0.29, 0.717) is 30.1 Å². The number of halogens is 2. The lowest BCUT2D eigenvalue weighted by atomic mass is 10.1. The molecule has 5 rings (SSSR count). The van der Waals surface area contributed by atoms with E-state index >= 15 is 0 Å². The molecule has 3 aromatic heterocycles. The summed E-state index contributed by atoms with van der Waals surface area (Å²) >= 11 is 6.34. The number of hydrogen-bond donors (Lipinski definition) is 5. The van der Waals surface area contributed by atoms with Crippen LogP contribution in [0.1, 0.15) is 25.1 Å². The maximum absolute atomic E-state index is 12.6. The number of hydrogen-bond acceptors (Lipinski definition) is 12. The zero-order valence-electron chi connectivity index (χ0n) is 24.3. The van der Waals surface area contributed by atoms with E-state index < -0.39 is 58.9 Å². The van der Waals surface area contributed by atoms with Crippen molar-refractivity contribution in [1.82, 2.24) is 34.5 Å². The van der Waals surface area contributed by atoms with Gasteiger partial charge in [0.2, 0.25) is 5.28 Å². The first-order valence-corrected chi connectivity index (χ1v) is 18.0. The Bertz CT molecular complexity index is 1760. The first-order chi connectivity index (χ1) is 21.8. The van der Waals surface area contributed by atoms with Crippen LogP contribution in [0.2, 0.25) is 5.28 Å². The summed E-state index contributed by atoms with van der Waals surface area (Å²) in [5.41, 5.74) is 2.85. The molecule has 0 saturated carbocycles. The lowest BCUT2D eigenvalue weighted by molar-refractivity contribution is -0.0483. The zero-order chi connectivity index (χ0) is 33.2. The molecule has 46 heavy (non-hydrogen) atoms. The van der Waals surface area contributed by atoms with Crippen molar-refractivity contribution in [3.63, 3.8) is 0 Å². The van der Waals surface area contributed by atoms with Crippen LogP contribution in [-0.2, 0) is 31.5 Å². The summed E-state index contributed by atoms with van der Waals surface area (Å²) in [5, 5.41) is 29.2. The molecule has 21 heteroatoms. The predicted octanol–water partition coefficient (Wildman–Crippen LogP) is 2.08. The normalized spacial score (nSPS) is 21.6. The molecule has 0 spiro atoms. The minimum absolute atomic E-state index is 0.122. The van der Waals surface area contributed by atoms with Crippen LogP contribution in [0.4, 0.5) is 10.2 Å². The molecule has 1 aliphatic rings. The van der Waals surface area contributed by atoms with Crippen LogP contribution in [0.5, 0.6) is 0 Å². The van der Waals surface area contributed by atoms with E-state index in [2.05, 4.69) is 25.3 Å². The molecule has 1 aliphatic heterocycles. The maximum Gasteiger partial charge on any atom is 0.340 e. The molecule has 5 N–H and O–H groups in total. The third-order valence-corrected chi connectivity index (χ3v) is 10.7. The van der Waals surface area contributed by atoms with Gasteiger partial charge < -0.3 is 39.1 Å². The molecule has 0 aliphatic carbocycles. The Morgan fingerprint density at radius 2 is 1.87 bits per heavy atom. The van der Waals surface area contributed by atoms with E-state index in [9.17, 15) is 28.6 Å². The average Bonchev–Trinajstić information content (AvgIpc) is 3.69. The standard InChI is InChI=1S/C25H32ClFN8O9P2/c1-2-8-33(10-15-3-5-16(6-4-15)17-11-34(9-7-27)32-31-17)22-19-23(30-25(26)29-22)35(13-28-19)24-21(37)20(36)18(44-24)12-43-46(41,42)14-45(38,39)40/h3-6,11,13,18,20-21,24,36-37H,2,7-10,12,14H2,1H3,(H,41,42)(H2,38,39,40)/t18-,20+,21+,24-/m1/s1. The summed E-state index contributed by atoms with van der Waals surface area (Å²) in [6, 6.07) is 7.60. The molecule has 0 amide bonds. The van der Waals surface area contributed by atoms with Crippen LogP contribution < -0.4 is 4.90 Å². The van der Waals surface area contributed by atoms with Crippen molar-refractivity contribution >= 4 is 43.8 Å². The number of fused-ring (bicyclic) bond motifs is 1. The molecule has 17 nitrogen and oxygen atoms in total. The summed E-state index contributed by atoms with van der Waals surface area (Å²) in [6.07, 6.45) is -2.03. The average molecular weight is 705 g/mol. The molecule has 1 unspecified atom stereocenters. The molecule has 1 fully saturated rings. The van der Waals surface area contributed by atoms with Crippen LogP contribution in [0.3, 0.4) is 0 Å². The minimum Gasteiger partial charge on any atom is -0.387 e. The van der Waals surface area contributed by atoms with Crippen LogP contribution in [0, 0.1) is 0 Å². The molecule has 250 valence electrons. The second-order valence-electron chi connectivity index (χ2n) is 10.6. The smallest absolute Gasteiger partial charge is 0.340 e. The minimum atomic E-state index is -4.87. The van der Waals surface area contributed by atoms with Gasteiger partial charge in [-0.3, -0.25) is 13.7 Å². The Labute approximate surface area is 266 Å². The molecule has 0 bridgehead atoms. The molecule has 0 radical (unpaired) electrons. The quantitative estimate of drug-likeness (QED) is 0.0934. The van der Waals surface area contributed by atoms with Crippen LogP contribution in [0.15, 0.2) is 36.8 Å². The SMILES string of the molecule is CCCN(Cc1ccc(-c2cn(CCF)nn2)cc1)c1nc(Cl)nc2c1ncn2[C@@H]1O[C@H](COP(=O)(O)CP(=O)(O)O)[C@H](O)[C@@H]1O. The van der Waals surface area contributed by atoms with E-state index in [1.54, 1.807) is 6.20 Å². The molecule has 4 aromatic rings. The second-order valence-corrected chi connectivity index (χ2v) is 14.9. The maximum atomic E-state index is 12.6. The number of alkyl halides is 1. The zero-order valence-corrected chi connectivity index (χ0v) is 26.9. The van der Waals surface area contributed by atoms with Gasteiger partial charge in [0, 0.05) is 18.7 Å². The van der Waals surface area contributed by atoms with Gasteiger partial charge in [-0.05, 0) is 23.6 Å². The first-order valence-electron chi connectivity index (χ1n) is 14.0. The number of aliphatic hydroxyl groups is 2. The largest absolute Gasteiger partial charge is 0.387 e. The fourth-order valence-corrected chi connectivity index (χ4v) is 7.73. The summed E-state index contributed by atoms with van der Waals surface area (Å²) in [5.74, 6) is -1.01. The number of imidazole rings is 1. The summed E-state index contributed by atoms with van der Waals surface area (Å²) in [4.78, 5) is 42.9. The number of rotatable bonds is 14. The highest BCUT2D eigenvalue weighted by atomic mass is 35.5. The fraction of sp³-hybridized carbons (Fsp3) is 0.480. The van der Waals surface area contributed by atoms with Crippen molar-refractivity contribution in [3.05, 3.63) is 47.6 Å². The molecule has 5 atom stereocenters. The van der Waals surface area contributed by atoms with Crippen molar-refractivity contribution in [3.8, 4) is 11.3 Å². The summed E-state index contributed by atoms with van der Waals surface area (Å²) in [6.45, 7) is 1.80. The third-order valence-electron chi connectivity index (χ3n) is 7.06. The van der Waals surface area contributed by atoms with Crippen molar-refractivity contribution in [2.75, 3.05) is 30.6 Å². The van der Waals surface area contributed by atoms with Gasteiger partial charge >= 0.3 is 15.2 Å². The predicted molar refractivity (Wildman–Crippen MR) is 162 cm³/mol. The Kier molecular flexibility index (Phi) is 10.5. The summed E-state index contributed by atoms with van der Waals surface area (Å²) < 4.78 is 49.1. The number of ether oxygens (including phenoxy) is 1. The van der Waals surface area contributed by atoms with Gasteiger partial charge in [0.05, 0.1) is 25.7 Å². The summed E-state index contributed by atoms with van der Waals surface area (Å²) in [7, 11) is -9.60. The van der Waals surface area contributed by atoms with E-state index in [-0.39, 0.29) is 17.5 Å². The highest BCUT2D eigenvalue weighted by Crippen LogP contribution is 2.55. The number of aryl methyl sites for hydroxylation is 1. The first kappa shape index (κ1) is 34.4. The van der Waals surface area contributed by atoms with Gasteiger partial charge in [-0.1, -0.05) is 36.4 Å². The third kappa shape index (κ3) is 7.97. The number of nitrogens with zero attached hydrogens (tertiary/aromatic N) is 8. The Hall–Kier alpha value is -2.89. The van der Waals surface area contributed by atoms with Crippen molar-refractivity contribution in [2.24, 2.45) is 0 Å². The Morgan fingerprint density at radius 3 is 2.54 bits per heavy atom. The van der Waals surface area contributed by atoms with Crippen molar-refractivity contribution in [2.45, 2.75) is 51.0 Å². The van der Waals surface area contributed by atoms with Gasteiger partial charge in [-0.25, -0.2) is 14.1 Å². The van der Waals surface area contributed by atoms with E-state index in [0.717, 1.165) is 17.5 Å². The lowest BCUT2D eigenvalue weighted by Gasteiger charge is -2.24. The molecule has 1 saturated heterocycles. The highest BCUT2D eigenvalue weighted by molar-refractivity contribution is 7.70. The van der Waals surface area contributed by atoms with Gasteiger partial charge in [0.1, 0.15) is 30.7 Å². The monoisotopic (exact) mass is 704 g/mol. The van der Waals surface area contributed by atoms with Crippen molar-refractivity contribution < 1.29 is 47.7 Å².